The van der Waals surface area contributed by atoms with Gasteiger partial charge in [-0.1, -0.05) is 28.9 Å². The number of aryl methyl sites for hydroxylation is 1. The maximum Gasteiger partial charge on any atom is 0.287 e. The highest BCUT2D eigenvalue weighted by Crippen LogP contribution is 2.35. The molecular formula is C25H18ClN3O5. The zero-order chi connectivity index (χ0) is 23.6. The number of rotatable bonds is 3. The Morgan fingerprint density at radius 2 is 2.06 bits per heavy atom. The molecule has 0 radical (unpaired) electrons. The van der Waals surface area contributed by atoms with E-state index in [-0.39, 0.29) is 11.3 Å². The van der Waals surface area contributed by atoms with Crippen molar-refractivity contribution in [2.45, 2.75) is 25.5 Å². The molecule has 2 unspecified atom stereocenters. The molecule has 0 spiro atoms. The van der Waals surface area contributed by atoms with Crippen molar-refractivity contribution < 1.29 is 18.8 Å². The molecule has 0 aliphatic heterocycles. The smallest absolute Gasteiger partial charge is 0.287 e. The Morgan fingerprint density at radius 3 is 2.85 bits per heavy atom. The summed E-state index contributed by atoms with van der Waals surface area (Å²) in [5.41, 5.74) is 2.89. The minimum Gasteiger partial charge on any atom is -0.459 e. The van der Waals surface area contributed by atoms with Crippen molar-refractivity contribution >= 4 is 39.3 Å². The molecule has 1 aliphatic carbocycles. The number of benzene rings is 2. The molecule has 0 bridgehead atoms. The Bertz CT molecular complexity index is 1650. The molecule has 170 valence electrons. The third-order valence-corrected chi connectivity index (χ3v) is 6.63. The molecule has 0 saturated carbocycles. The van der Waals surface area contributed by atoms with E-state index in [0.29, 0.717) is 44.7 Å². The fraction of sp³-hybridized carbons (Fsp3) is 0.160. The van der Waals surface area contributed by atoms with Crippen LogP contribution in [0.1, 0.15) is 33.5 Å². The van der Waals surface area contributed by atoms with E-state index in [0.717, 1.165) is 11.1 Å². The summed E-state index contributed by atoms with van der Waals surface area (Å²) in [6, 6.07) is 13.3. The minimum absolute atomic E-state index is 0.155. The van der Waals surface area contributed by atoms with Crippen LogP contribution in [0.25, 0.3) is 27.5 Å². The van der Waals surface area contributed by atoms with E-state index < -0.39 is 18.1 Å². The fourth-order valence-electron chi connectivity index (χ4n) is 4.75. The quantitative estimate of drug-likeness (QED) is 0.407. The maximum atomic E-state index is 13.6. The summed E-state index contributed by atoms with van der Waals surface area (Å²) < 4.78 is 12.1. The van der Waals surface area contributed by atoms with Crippen LogP contribution in [0.4, 0.5) is 0 Å². The molecule has 0 fully saturated rings. The van der Waals surface area contributed by atoms with Crippen molar-refractivity contribution in [3.63, 3.8) is 0 Å². The van der Waals surface area contributed by atoms with E-state index in [1.54, 1.807) is 41.8 Å². The van der Waals surface area contributed by atoms with Crippen LogP contribution >= 0.6 is 11.6 Å². The number of furan rings is 1. The minimum atomic E-state index is -0.810. The molecule has 1 amide bonds. The summed E-state index contributed by atoms with van der Waals surface area (Å²) in [5.74, 6) is 0.126. The van der Waals surface area contributed by atoms with Gasteiger partial charge in [-0.3, -0.25) is 14.2 Å². The molecule has 3 heterocycles. The molecule has 0 saturated heterocycles. The van der Waals surface area contributed by atoms with Gasteiger partial charge >= 0.3 is 0 Å². The second-order valence-electron chi connectivity index (χ2n) is 8.32. The number of hydrogen-bond acceptors (Lipinski definition) is 6. The number of carbonyl (C=O) groups is 1. The van der Waals surface area contributed by atoms with Crippen LogP contribution in [0.2, 0.25) is 5.02 Å². The van der Waals surface area contributed by atoms with Gasteiger partial charge in [0.25, 0.3) is 11.5 Å². The zero-order valence-corrected chi connectivity index (χ0v) is 18.7. The summed E-state index contributed by atoms with van der Waals surface area (Å²) in [6.07, 6.45) is 0.983. The second-order valence-corrected chi connectivity index (χ2v) is 8.73. The third kappa shape index (κ3) is 2.99. The van der Waals surface area contributed by atoms with Gasteiger partial charge in [-0.2, -0.15) is 0 Å². The Balaban J connectivity index is 1.54. The molecule has 2 aromatic carbocycles. The number of carbonyl (C=O) groups excluding carboxylic acids is 1. The average Bonchev–Trinajstić information content (AvgIpc) is 3.54. The molecule has 3 aromatic heterocycles. The van der Waals surface area contributed by atoms with Gasteiger partial charge in [-0.25, -0.2) is 0 Å². The molecular weight excluding hydrogens is 458 g/mol. The Labute approximate surface area is 197 Å². The lowest BCUT2D eigenvalue weighted by Crippen LogP contribution is -2.33. The van der Waals surface area contributed by atoms with Crippen molar-refractivity contribution in [3.05, 3.63) is 92.8 Å². The van der Waals surface area contributed by atoms with Gasteiger partial charge in [0, 0.05) is 17.5 Å². The van der Waals surface area contributed by atoms with E-state index in [9.17, 15) is 14.7 Å². The third-order valence-electron chi connectivity index (χ3n) is 6.32. The van der Waals surface area contributed by atoms with Crippen molar-refractivity contribution in [3.8, 4) is 5.69 Å². The zero-order valence-electron chi connectivity index (χ0n) is 17.9. The summed E-state index contributed by atoms with van der Waals surface area (Å²) in [4.78, 5) is 26.2. The number of pyridine rings is 1. The molecule has 2 N–H and O–H groups in total. The first-order valence-corrected chi connectivity index (χ1v) is 11.1. The summed E-state index contributed by atoms with van der Waals surface area (Å²) in [6.45, 7) is 1.68. The van der Waals surface area contributed by atoms with Crippen molar-refractivity contribution in [2.24, 2.45) is 0 Å². The predicted molar refractivity (Wildman–Crippen MR) is 125 cm³/mol. The van der Waals surface area contributed by atoms with Crippen LogP contribution in [0.5, 0.6) is 0 Å². The standard InChI is InChI=1S/C25H18ClN3O5/c1-12-20-23(28-34-12)21-16(26)4-2-5-17(21)29(25(20)32)14-8-7-13-10-18(30)22(15(13)11-14)27-24(31)19-6-3-9-33-19/h2-9,11,18,22,30H,10H2,1H3,(H,27,31). The first-order valence-electron chi connectivity index (χ1n) is 10.7. The second kappa shape index (κ2) is 7.58. The van der Waals surface area contributed by atoms with E-state index in [4.69, 9.17) is 20.5 Å². The number of aliphatic hydroxyl groups is 1. The van der Waals surface area contributed by atoms with Gasteiger partial charge in [0.2, 0.25) is 0 Å². The number of aliphatic hydroxyl groups excluding tert-OH is 1. The van der Waals surface area contributed by atoms with Gasteiger partial charge < -0.3 is 19.4 Å². The topological polar surface area (TPSA) is 110 Å². The van der Waals surface area contributed by atoms with E-state index in [1.807, 2.05) is 18.2 Å². The van der Waals surface area contributed by atoms with Crippen LogP contribution in [-0.4, -0.2) is 26.8 Å². The molecule has 8 nitrogen and oxygen atoms in total. The van der Waals surface area contributed by atoms with Gasteiger partial charge in [0.1, 0.15) is 16.7 Å². The lowest BCUT2D eigenvalue weighted by atomic mass is 10.1. The molecule has 9 heteroatoms. The number of amides is 1. The van der Waals surface area contributed by atoms with Crippen LogP contribution in [0.15, 0.2) is 68.5 Å². The Morgan fingerprint density at radius 1 is 1.21 bits per heavy atom. The highest BCUT2D eigenvalue weighted by Gasteiger charge is 2.33. The van der Waals surface area contributed by atoms with Crippen LogP contribution in [0, 0.1) is 6.92 Å². The number of fused-ring (bicyclic) bond motifs is 4. The van der Waals surface area contributed by atoms with Crippen LogP contribution < -0.4 is 10.9 Å². The summed E-state index contributed by atoms with van der Waals surface area (Å²) in [7, 11) is 0. The van der Waals surface area contributed by atoms with Gasteiger partial charge in [0.15, 0.2) is 5.76 Å². The number of halogens is 1. The van der Waals surface area contributed by atoms with Crippen LogP contribution in [0.3, 0.4) is 0 Å². The van der Waals surface area contributed by atoms with E-state index in [2.05, 4.69) is 10.5 Å². The van der Waals surface area contributed by atoms with Crippen molar-refractivity contribution in [1.29, 1.82) is 0 Å². The number of hydrogen-bond donors (Lipinski definition) is 2. The normalized spacial score (nSPS) is 17.4. The largest absolute Gasteiger partial charge is 0.459 e. The average molecular weight is 476 g/mol. The SMILES string of the molecule is Cc1onc2c1c(=O)n(-c1ccc3c(c1)C(NC(=O)c1ccco1)C(O)C3)c1cccc(Cl)c21. The number of nitrogens with one attached hydrogen (secondary N) is 1. The highest BCUT2D eigenvalue weighted by atomic mass is 35.5. The van der Waals surface area contributed by atoms with Crippen LogP contribution in [-0.2, 0) is 6.42 Å². The van der Waals surface area contributed by atoms with Gasteiger partial charge in [-0.05, 0) is 54.4 Å². The number of nitrogens with zero attached hydrogens (tertiary/aromatic N) is 2. The number of aromatic nitrogens is 2. The predicted octanol–water partition coefficient (Wildman–Crippen LogP) is 4.07. The highest BCUT2D eigenvalue weighted by molar-refractivity contribution is 6.37. The Hall–Kier alpha value is -3.88. The van der Waals surface area contributed by atoms with Gasteiger partial charge in [0.05, 0.1) is 28.9 Å². The fourth-order valence-corrected chi connectivity index (χ4v) is 5.01. The monoisotopic (exact) mass is 475 g/mol. The lowest BCUT2D eigenvalue weighted by Gasteiger charge is -2.18. The molecule has 1 aliphatic rings. The first kappa shape index (κ1) is 20.7. The summed E-state index contributed by atoms with van der Waals surface area (Å²) >= 11 is 6.51. The van der Waals surface area contributed by atoms with E-state index in [1.165, 1.54) is 6.26 Å². The molecule has 6 rings (SSSR count). The van der Waals surface area contributed by atoms with Crippen molar-refractivity contribution in [2.75, 3.05) is 0 Å². The maximum absolute atomic E-state index is 13.6. The van der Waals surface area contributed by atoms with Crippen molar-refractivity contribution in [1.82, 2.24) is 15.0 Å². The summed E-state index contributed by atoms with van der Waals surface area (Å²) in [5, 5.41) is 19.0. The van der Waals surface area contributed by atoms with E-state index >= 15 is 0 Å². The first-order chi connectivity index (χ1) is 16.4. The Kier molecular flexibility index (Phi) is 4.62. The molecule has 5 aromatic rings. The molecule has 2 atom stereocenters. The lowest BCUT2D eigenvalue weighted by molar-refractivity contribution is 0.0832. The molecule has 34 heavy (non-hydrogen) atoms. The van der Waals surface area contributed by atoms with Gasteiger partial charge in [-0.15, -0.1) is 0 Å².